The van der Waals surface area contributed by atoms with E-state index >= 15 is 0 Å². The normalized spacial score (nSPS) is 9.44. The highest BCUT2D eigenvalue weighted by Crippen LogP contribution is 2.25. The molecule has 0 amide bonds. The molecule has 0 saturated heterocycles. The Morgan fingerprint density at radius 2 is 2.06 bits per heavy atom. The lowest BCUT2D eigenvalue weighted by Gasteiger charge is -2.07. The third-order valence-corrected chi connectivity index (χ3v) is 2.22. The number of rotatable bonds is 4. The maximum atomic E-state index is 11.1. The number of methoxy groups -OCH3 is 1. The topological polar surface area (TPSA) is 52.6 Å². The standard InChI is InChI=1S/C10H10BClO4/c1-6(13)7-3-4-8(12)9(5-7)16-11-10(14)15-2/h3-5,11H,1-2H3. The van der Waals surface area contributed by atoms with E-state index in [9.17, 15) is 9.59 Å². The zero-order valence-corrected chi connectivity index (χ0v) is 9.71. The molecule has 1 aromatic carbocycles. The molecule has 0 fully saturated rings. The van der Waals surface area contributed by atoms with Crippen LogP contribution < -0.4 is 4.65 Å². The molecule has 0 N–H and O–H groups in total. The zero-order chi connectivity index (χ0) is 12.1. The molecule has 1 rings (SSSR count). The van der Waals surface area contributed by atoms with Gasteiger partial charge in [0, 0.05) is 5.56 Å². The quantitative estimate of drug-likeness (QED) is 0.597. The first kappa shape index (κ1) is 12.6. The van der Waals surface area contributed by atoms with Gasteiger partial charge in [-0.15, -0.1) is 0 Å². The molecule has 0 spiro atoms. The van der Waals surface area contributed by atoms with E-state index in [1.807, 2.05) is 0 Å². The third-order valence-electron chi connectivity index (χ3n) is 1.91. The number of carbonyl (C=O) groups excluding carboxylic acids is 2. The number of halogens is 1. The van der Waals surface area contributed by atoms with Gasteiger partial charge in [0.2, 0.25) is 0 Å². The average molecular weight is 240 g/mol. The summed E-state index contributed by atoms with van der Waals surface area (Å²) in [6.45, 7) is 1.44. The smallest absolute Gasteiger partial charge is 0.468 e. The van der Waals surface area contributed by atoms with Crippen LogP contribution in [0.3, 0.4) is 0 Å². The van der Waals surface area contributed by atoms with Crippen molar-refractivity contribution in [2.75, 3.05) is 7.11 Å². The molecule has 0 saturated carbocycles. The van der Waals surface area contributed by atoms with Crippen molar-refractivity contribution in [2.24, 2.45) is 0 Å². The Bertz CT molecular complexity index is 419. The maximum absolute atomic E-state index is 11.1. The molecular formula is C10H10BClO4. The second kappa shape index (κ2) is 5.56. The lowest BCUT2D eigenvalue weighted by Crippen LogP contribution is -2.16. The highest BCUT2D eigenvalue weighted by Gasteiger charge is 2.10. The number of Topliss-reactive ketones (excluding diaryl/α,β-unsaturated/α-hetero) is 1. The summed E-state index contributed by atoms with van der Waals surface area (Å²) in [6, 6.07) is 4.63. The summed E-state index contributed by atoms with van der Waals surface area (Å²) < 4.78 is 9.54. The van der Waals surface area contributed by atoms with Crippen molar-refractivity contribution >= 4 is 30.7 Å². The van der Waals surface area contributed by atoms with E-state index in [4.69, 9.17) is 16.3 Å². The molecule has 0 bridgehead atoms. The van der Waals surface area contributed by atoms with E-state index in [2.05, 4.69) is 4.74 Å². The van der Waals surface area contributed by atoms with E-state index in [1.165, 1.54) is 20.1 Å². The van der Waals surface area contributed by atoms with Crippen molar-refractivity contribution in [3.8, 4) is 5.75 Å². The van der Waals surface area contributed by atoms with Crippen LogP contribution in [-0.4, -0.2) is 26.2 Å². The second-order valence-electron chi connectivity index (χ2n) is 3.07. The average Bonchev–Trinajstić information content (AvgIpc) is 2.27. The summed E-state index contributed by atoms with van der Waals surface area (Å²) in [5.41, 5.74) is 0.476. The Morgan fingerprint density at radius 1 is 1.38 bits per heavy atom. The minimum Gasteiger partial charge on any atom is -0.552 e. The third kappa shape index (κ3) is 3.27. The van der Waals surface area contributed by atoms with Crippen LogP contribution in [0.4, 0.5) is 4.79 Å². The minimum absolute atomic E-state index is 0.0976. The van der Waals surface area contributed by atoms with Gasteiger partial charge in [-0.25, -0.2) is 0 Å². The Hall–Kier alpha value is -1.49. The van der Waals surface area contributed by atoms with E-state index in [-0.39, 0.29) is 13.3 Å². The van der Waals surface area contributed by atoms with Gasteiger partial charge in [0.05, 0.1) is 12.1 Å². The molecule has 4 nitrogen and oxygen atoms in total. The van der Waals surface area contributed by atoms with Gasteiger partial charge in [0.25, 0.3) is 0 Å². The first-order valence-electron chi connectivity index (χ1n) is 4.54. The highest BCUT2D eigenvalue weighted by atomic mass is 35.5. The fourth-order valence-electron chi connectivity index (χ4n) is 1.03. The van der Waals surface area contributed by atoms with Crippen molar-refractivity contribution < 1.29 is 19.0 Å². The van der Waals surface area contributed by atoms with Crippen LogP contribution in [0, 0.1) is 0 Å². The Balaban J connectivity index is 2.82. The molecule has 1 aromatic rings. The predicted molar refractivity (Wildman–Crippen MR) is 61.6 cm³/mol. The van der Waals surface area contributed by atoms with Gasteiger partial charge in [-0.05, 0) is 25.1 Å². The molecule has 0 aliphatic heterocycles. The zero-order valence-electron chi connectivity index (χ0n) is 8.95. The van der Waals surface area contributed by atoms with Crippen LogP contribution in [0.25, 0.3) is 0 Å². The second-order valence-corrected chi connectivity index (χ2v) is 3.47. The van der Waals surface area contributed by atoms with Crippen molar-refractivity contribution in [2.45, 2.75) is 6.92 Å². The van der Waals surface area contributed by atoms with Crippen LogP contribution in [0.1, 0.15) is 17.3 Å². The predicted octanol–water partition coefficient (Wildman–Crippen LogP) is 2.04. The Labute approximate surface area is 98.8 Å². The van der Waals surface area contributed by atoms with Gasteiger partial charge in [-0.2, -0.15) is 0 Å². The molecule has 0 radical (unpaired) electrons. The minimum atomic E-state index is -0.510. The van der Waals surface area contributed by atoms with Crippen LogP contribution in [0.5, 0.6) is 5.75 Å². The highest BCUT2D eigenvalue weighted by molar-refractivity contribution is 6.67. The van der Waals surface area contributed by atoms with Crippen molar-refractivity contribution in [3.63, 3.8) is 0 Å². The number of ketones is 1. The molecule has 0 heterocycles. The largest absolute Gasteiger partial charge is 0.552 e. The Kier molecular flexibility index (Phi) is 4.37. The van der Waals surface area contributed by atoms with Gasteiger partial charge in [-0.3, -0.25) is 9.59 Å². The molecular weight excluding hydrogens is 230 g/mol. The Morgan fingerprint density at radius 3 is 2.62 bits per heavy atom. The summed E-state index contributed by atoms with van der Waals surface area (Å²) in [5, 5.41) is 0.342. The summed E-state index contributed by atoms with van der Waals surface area (Å²) in [7, 11) is 1.02. The first-order chi connectivity index (χ1) is 7.54. The van der Waals surface area contributed by atoms with Gasteiger partial charge >= 0.3 is 13.4 Å². The summed E-state index contributed by atoms with van der Waals surface area (Å²) in [5.74, 6) is -0.316. The van der Waals surface area contributed by atoms with E-state index in [0.29, 0.717) is 16.3 Å². The molecule has 0 unspecified atom stereocenters. The lowest BCUT2D eigenvalue weighted by molar-refractivity contribution is 0.101. The van der Waals surface area contributed by atoms with Crippen LogP contribution in [0.15, 0.2) is 18.2 Å². The number of hydrogen-bond donors (Lipinski definition) is 0. The fraction of sp³-hybridized carbons (Fsp3) is 0.200. The van der Waals surface area contributed by atoms with Gasteiger partial charge in [0.15, 0.2) is 5.78 Å². The van der Waals surface area contributed by atoms with Gasteiger partial charge in [-0.1, -0.05) is 11.6 Å². The maximum Gasteiger partial charge on any atom is 0.468 e. The molecule has 6 heteroatoms. The molecule has 0 aliphatic rings. The SMILES string of the molecule is COC(=O)BOc1cc(C(C)=O)ccc1Cl. The number of hydrogen-bond acceptors (Lipinski definition) is 4. The van der Waals surface area contributed by atoms with E-state index in [1.54, 1.807) is 12.1 Å². The number of carbonyl (C=O) groups is 2. The molecule has 0 atom stereocenters. The van der Waals surface area contributed by atoms with Crippen molar-refractivity contribution in [3.05, 3.63) is 28.8 Å². The molecule has 0 aromatic heterocycles. The van der Waals surface area contributed by atoms with E-state index in [0.717, 1.165) is 0 Å². The monoisotopic (exact) mass is 240 g/mol. The molecule has 0 aliphatic carbocycles. The van der Waals surface area contributed by atoms with E-state index < -0.39 is 5.87 Å². The van der Waals surface area contributed by atoms with Gasteiger partial charge < -0.3 is 9.39 Å². The van der Waals surface area contributed by atoms with Crippen LogP contribution in [0.2, 0.25) is 5.02 Å². The van der Waals surface area contributed by atoms with Crippen molar-refractivity contribution in [1.29, 1.82) is 0 Å². The number of benzene rings is 1. The van der Waals surface area contributed by atoms with Crippen LogP contribution >= 0.6 is 11.6 Å². The molecule has 16 heavy (non-hydrogen) atoms. The van der Waals surface area contributed by atoms with Crippen LogP contribution in [-0.2, 0) is 4.74 Å². The van der Waals surface area contributed by atoms with Crippen molar-refractivity contribution in [1.82, 2.24) is 0 Å². The summed E-state index contributed by atoms with van der Waals surface area (Å²) in [6.07, 6.45) is 0. The first-order valence-corrected chi connectivity index (χ1v) is 4.92. The molecule has 84 valence electrons. The summed E-state index contributed by atoms with van der Waals surface area (Å²) >= 11 is 5.84. The lowest BCUT2D eigenvalue weighted by atomic mass is 10.0. The number of ether oxygens (including phenoxy) is 1. The summed E-state index contributed by atoms with van der Waals surface area (Å²) in [4.78, 5) is 22.0. The van der Waals surface area contributed by atoms with Gasteiger partial charge in [0.1, 0.15) is 5.75 Å². The fourth-order valence-corrected chi connectivity index (χ4v) is 1.20.